The number of hydrogen-bond donors (Lipinski definition) is 1. The molecule has 0 bridgehead atoms. The Morgan fingerprint density at radius 3 is 2.24 bits per heavy atom. The zero-order valence-corrected chi connectivity index (χ0v) is 14.1. The summed E-state index contributed by atoms with van der Waals surface area (Å²) in [6, 6.07) is 10.5. The number of benzene rings is 2. The number of nitrogens with zero attached hydrogens (tertiary/aromatic N) is 1. The lowest BCUT2D eigenvalue weighted by atomic mass is 9.86. The van der Waals surface area contributed by atoms with Crippen molar-refractivity contribution in [2.45, 2.75) is 26.2 Å². The van der Waals surface area contributed by atoms with Gasteiger partial charge in [0.1, 0.15) is 11.3 Å². The van der Waals surface area contributed by atoms with Crippen LogP contribution in [0.5, 0.6) is 0 Å². The van der Waals surface area contributed by atoms with Gasteiger partial charge in [0.2, 0.25) is 0 Å². The van der Waals surface area contributed by atoms with Crippen LogP contribution < -0.4 is 0 Å². The summed E-state index contributed by atoms with van der Waals surface area (Å²) in [5.74, 6) is -2.98. The zero-order chi connectivity index (χ0) is 18.4. The Balaban J connectivity index is 2.22. The normalized spacial score (nSPS) is 11.7. The van der Waals surface area contributed by atoms with E-state index < -0.39 is 17.6 Å². The average Bonchev–Trinajstić information content (AvgIpc) is 2.53. The fourth-order valence-corrected chi connectivity index (χ4v) is 2.72. The van der Waals surface area contributed by atoms with Crippen LogP contribution in [0.2, 0.25) is 0 Å². The number of fused-ring (bicyclic) bond motifs is 1. The van der Waals surface area contributed by atoms with Crippen molar-refractivity contribution in [1.82, 2.24) is 4.98 Å². The molecule has 3 aromatic rings. The molecule has 0 radical (unpaired) electrons. The summed E-state index contributed by atoms with van der Waals surface area (Å²) in [5, 5.41) is 9.36. The molecule has 0 unspecified atom stereocenters. The number of carboxylic acids is 1. The Morgan fingerprint density at radius 1 is 1.04 bits per heavy atom. The molecule has 5 heteroatoms. The number of aromatic nitrogens is 1. The number of pyridine rings is 1. The Hall–Kier alpha value is -2.82. The number of carboxylic acid groups (broad SMARTS) is 1. The SMILES string of the molecule is CC(C)(C)c1ccc(-c2cc(C(=O)O)c3cc(F)cc(F)c3n2)cc1. The standard InChI is InChI=1S/C20H17F2NO2/c1-20(2,3)12-6-4-11(5-7-12)17-10-15(19(24)25)14-8-13(21)9-16(22)18(14)23-17/h4-10H,1-3H3,(H,24,25). The molecule has 0 amide bonds. The van der Waals surface area contributed by atoms with Crippen LogP contribution in [0.4, 0.5) is 8.78 Å². The second-order valence-corrected chi connectivity index (χ2v) is 6.97. The van der Waals surface area contributed by atoms with E-state index in [2.05, 4.69) is 25.8 Å². The van der Waals surface area contributed by atoms with E-state index in [0.29, 0.717) is 17.3 Å². The van der Waals surface area contributed by atoms with Gasteiger partial charge in [-0.15, -0.1) is 0 Å². The predicted molar refractivity (Wildman–Crippen MR) is 92.8 cm³/mol. The molecule has 0 saturated heterocycles. The molecule has 0 saturated carbocycles. The summed E-state index contributed by atoms with van der Waals surface area (Å²) < 4.78 is 27.6. The molecule has 3 rings (SSSR count). The van der Waals surface area contributed by atoms with E-state index >= 15 is 0 Å². The highest BCUT2D eigenvalue weighted by molar-refractivity contribution is 6.03. The van der Waals surface area contributed by atoms with Crippen LogP contribution in [0.15, 0.2) is 42.5 Å². The van der Waals surface area contributed by atoms with Crippen LogP contribution in [-0.2, 0) is 5.41 Å². The maximum absolute atomic E-state index is 14.1. The minimum Gasteiger partial charge on any atom is -0.478 e. The van der Waals surface area contributed by atoms with Gasteiger partial charge in [-0.3, -0.25) is 0 Å². The Morgan fingerprint density at radius 2 is 1.68 bits per heavy atom. The highest BCUT2D eigenvalue weighted by atomic mass is 19.1. The fraction of sp³-hybridized carbons (Fsp3) is 0.200. The molecule has 0 fully saturated rings. The van der Waals surface area contributed by atoms with E-state index in [9.17, 15) is 18.7 Å². The van der Waals surface area contributed by atoms with E-state index in [1.807, 2.05) is 24.3 Å². The molecule has 1 N–H and O–H groups in total. The van der Waals surface area contributed by atoms with E-state index in [0.717, 1.165) is 11.6 Å². The number of hydrogen-bond acceptors (Lipinski definition) is 2. The monoisotopic (exact) mass is 341 g/mol. The molecular formula is C20H17F2NO2. The first-order valence-corrected chi connectivity index (χ1v) is 7.81. The van der Waals surface area contributed by atoms with Crippen molar-refractivity contribution in [2.75, 3.05) is 0 Å². The van der Waals surface area contributed by atoms with Gasteiger partial charge < -0.3 is 5.11 Å². The molecule has 1 aromatic heterocycles. The third-order valence-electron chi connectivity index (χ3n) is 4.11. The van der Waals surface area contributed by atoms with Crippen molar-refractivity contribution >= 4 is 16.9 Å². The molecule has 0 atom stereocenters. The first-order chi connectivity index (χ1) is 11.7. The van der Waals surface area contributed by atoms with Crippen molar-refractivity contribution in [3.05, 3.63) is 65.2 Å². The van der Waals surface area contributed by atoms with Crippen LogP contribution in [0.25, 0.3) is 22.2 Å². The minimum absolute atomic E-state index is 0.0226. The van der Waals surface area contributed by atoms with E-state index in [-0.39, 0.29) is 21.9 Å². The third-order valence-corrected chi connectivity index (χ3v) is 4.11. The molecule has 25 heavy (non-hydrogen) atoms. The van der Waals surface area contributed by atoms with Crippen molar-refractivity contribution in [3.8, 4) is 11.3 Å². The van der Waals surface area contributed by atoms with Crippen LogP contribution in [-0.4, -0.2) is 16.1 Å². The van der Waals surface area contributed by atoms with Crippen LogP contribution >= 0.6 is 0 Å². The van der Waals surface area contributed by atoms with Crippen molar-refractivity contribution < 1.29 is 18.7 Å². The van der Waals surface area contributed by atoms with Gasteiger partial charge in [0.25, 0.3) is 0 Å². The van der Waals surface area contributed by atoms with Gasteiger partial charge in [-0.25, -0.2) is 18.6 Å². The van der Waals surface area contributed by atoms with Gasteiger partial charge in [-0.2, -0.15) is 0 Å². The lowest BCUT2D eigenvalue weighted by Crippen LogP contribution is -2.10. The Labute approximate surface area is 144 Å². The molecule has 0 aliphatic heterocycles. The number of rotatable bonds is 2. The molecule has 0 aliphatic carbocycles. The van der Waals surface area contributed by atoms with E-state index in [1.54, 1.807) is 0 Å². The number of aromatic carboxylic acids is 1. The Bertz CT molecular complexity index is 974. The van der Waals surface area contributed by atoms with Crippen LogP contribution in [0.1, 0.15) is 36.7 Å². The third kappa shape index (κ3) is 3.22. The summed E-state index contributed by atoms with van der Waals surface area (Å²) in [7, 11) is 0. The first kappa shape index (κ1) is 17.0. The van der Waals surface area contributed by atoms with Crippen molar-refractivity contribution in [1.29, 1.82) is 0 Å². The average molecular weight is 341 g/mol. The molecule has 0 spiro atoms. The molecule has 2 aromatic carbocycles. The largest absolute Gasteiger partial charge is 0.478 e. The zero-order valence-electron chi connectivity index (χ0n) is 14.1. The minimum atomic E-state index is -1.26. The molecule has 0 aliphatic rings. The number of halogens is 2. The highest BCUT2D eigenvalue weighted by Gasteiger charge is 2.18. The van der Waals surface area contributed by atoms with Gasteiger partial charge in [-0.1, -0.05) is 45.0 Å². The highest BCUT2D eigenvalue weighted by Crippen LogP contribution is 2.29. The Kier molecular flexibility index (Phi) is 4.03. The maximum atomic E-state index is 14.1. The maximum Gasteiger partial charge on any atom is 0.336 e. The predicted octanol–water partition coefficient (Wildman–Crippen LogP) is 5.18. The molecule has 3 nitrogen and oxygen atoms in total. The molecular weight excluding hydrogens is 324 g/mol. The first-order valence-electron chi connectivity index (χ1n) is 7.81. The van der Waals surface area contributed by atoms with Gasteiger partial charge in [-0.05, 0) is 23.1 Å². The van der Waals surface area contributed by atoms with Gasteiger partial charge >= 0.3 is 5.97 Å². The van der Waals surface area contributed by atoms with Crippen LogP contribution in [0, 0.1) is 11.6 Å². The van der Waals surface area contributed by atoms with E-state index in [1.165, 1.54) is 6.07 Å². The quantitative estimate of drug-likeness (QED) is 0.699. The van der Waals surface area contributed by atoms with Gasteiger partial charge in [0.05, 0.1) is 11.3 Å². The summed E-state index contributed by atoms with van der Waals surface area (Å²) in [6.07, 6.45) is 0. The smallest absolute Gasteiger partial charge is 0.336 e. The van der Waals surface area contributed by atoms with Crippen molar-refractivity contribution in [2.24, 2.45) is 0 Å². The summed E-state index contributed by atoms with van der Waals surface area (Å²) in [6.45, 7) is 6.26. The lowest BCUT2D eigenvalue weighted by Gasteiger charge is -2.19. The van der Waals surface area contributed by atoms with Gasteiger partial charge in [0, 0.05) is 17.0 Å². The lowest BCUT2D eigenvalue weighted by molar-refractivity contribution is 0.0699. The summed E-state index contributed by atoms with van der Waals surface area (Å²) >= 11 is 0. The van der Waals surface area contributed by atoms with Crippen molar-refractivity contribution in [3.63, 3.8) is 0 Å². The topological polar surface area (TPSA) is 50.2 Å². The molecule has 128 valence electrons. The summed E-state index contributed by atoms with van der Waals surface area (Å²) in [5.41, 5.74) is 1.75. The second kappa shape index (κ2) is 5.92. The van der Waals surface area contributed by atoms with Crippen LogP contribution in [0.3, 0.4) is 0 Å². The summed E-state index contributed by atoms with van der Waals surface area (Å²) in [4.78, 5) is 15.7. The number of carbonyl (C=O) groups is 1. The fourth-order valence-electron chi connectivity index (χ4n) is 2.72. The molecule has 1 heterocycles. The second-order valence-electron chi connectivity index (χ2n) is 6.97. The van der Waals surface area contributed by atoms with Gasteiger partial charge in [0.15, 0.2) is 5.82 Å². The van der Waals surface area contributed by atoms with E-state index in [4.69, 9.17) is 0 Å².